The summed E-state index contributed by atoms with van der Waals surface area (Å²) in [6.07, 6.45) is 0.716. The molecule has 3 nitrogen and oxygen atoms in total. The minimum absolute atomic E-state index is 0.0677. The van der Waals surface area contributed by atoms with E-state index < -0.39 is 0 Å². The molecule has 0 unspecified atom stereocenters. The highest BCUT2D eigenvalue weighted by molar-refractivity contribution is 7.07. The van der Waals surface area contributed by atoms with E-state index >= 15 is 0 Å². The summed E-state index contributed by atoms with van der Waals surface area (Å²) >= 11 is 1.65. The molecule has 0 aliphatic rings. The van der Waals surface area contributed by atoms with Crippen molar-refractivity contribution < 1.29 is 9.18 Å². The molecule has 0 aliphatic carbocycles. The largest absolute Gasteiger partial charge is 0.325 e. The summed E-state index contributed by atoms with van der Waals surface area (Å²) in [4.78, 5) is 14.4. The predicted molar refractivity (Wildman–Crippen MR) is 84.9 cm³/mol. The molecule has 2 rings (SSSR count). The van der Waals surface area contributed by atoms with E-state index in [9.17, 15) is 9.18 Å². The summed E-state index contributed by atoms with van der Waals surface area (Å²) < 4.78 is 12.9. The first-order valence-corrected chi connectivity index (χ1v) is 7.82. The second-order valence-corrected chi connectivity index (χ2v) is 5.75. The van der Waals surface area contributed by atoms with Gasteiger partial charge in [-0.15, -0.1) is 0 Å². The maximum absolute atomic E-state index is 12.9. The summed E-state index contributed by atoms with van der Waals surface area (Å²) in [5, 5.41) is 6.95. The zero-order valence-electron chi connectivity index (χ0n) is 12.2. The van der Waals surface area contributed by atoms with Gasteiger partial charge in [-0.3, -0.25) is 9.69 Å². The molecule has 0 saturated heterocycles. The van der Waals surface area contributed by atoms with Gasteiger partial charge in [-0.2, -0.15) is 11.3 Å². The average Bonchev–Trinajstić information content (AvgIpc) is 2.95. The van der Waals surface area contributed by atoms with Gasteiger partial charge in [0, 0.05) is 12.2 Å². The van der Waals surface area contributed by atoms with Crippen LogP contribution in [0, 0.1) is 5.82 Å². The molecule has 0 radical (unpaired) electrons. The Morgan fingerprint density at radius 2 is 2.05 bits per heavy atom. The van der Waals surface area contributed by atoms with Crippen molar-refractivity contribution in [1.82, 2.24) is 4.90 Å². The van der Waals surface area contributed by atoms with Crippen LogP contribution in [0.1, 0.15) is 18.9 Å². The van der Waals surface area contributed by atoms with Crippen LogP contribution in [0.4, 0.5) is 10.1 Å². The van der Waals surface area contributed by atoms with Crippen molar-refractivity contribution in [2.45, 2.75) is 25.9 Å². The molecule has 1 amide bonds. The highest BCUT2D eigenvalue weighted by Gasteiger charge is 2.21. The Labute approximate surface area is 128 Å². The lowest BCUT2D eigenvalue weighted by Gasteiger charge is -2.25. The third kappa shape index (κ3) is 4.37. The van der Waals surface area contributed by atoms with E-state index in [1.54, 1.807) is 23.5 Å². The smallest absolute Gasteiger partial charge is 0.241 e. The number of hydrogen-bond donors (Lipinski definition) is 1. The van der Waals surface area contributed by atoms with Gasteiger partial charge in [-0.25, -0.2) is 4.39 Å². The third-order valence-corrected chi connectivity index (χ3v) is 4.08. The van der Waals surface area contributed by atoms with Crippen LogP contribution >= 0.6 is 11.3 Å². The Kier molecular flexibility index (Phi) is 5.47. The quantitative estimate of drug-likeness (QED) is 0.882. The first kappa shape index (κ1) is 15.7. The summed E-state index contributed by atoms with van der Waals surface area (Å²) in [6, 6.07) is 7.66. The highest BCUT2D eigenvalue weighted by Crippen LogP contribution is 2.14. The molecule has 1 atom stereocenters. The van der Waals surface area contributed by atoms with Crippen molar-refractivity contribution in [2.24, 2.45) is 0 Å². The average molecular weight is 306 g/mol. The lowest BCUT2D eigenvalue weighted by Crippen LogP contribution is -2.41. The fraction of sp³-hybridized carbons (Fsp3) is 0.312. The molecule has 21 heavy (non-hydrogen) atoms. The van der Waals surface area contributed by atoms with Crippen molar-refractivity contribution in [3.8, 4) is 0 Å². The standard InChI is InChI=1S/C16H19FN2OS/c1-3-15(19(2)10-12-8-9-21-11-12)16(20)18-14-6-4-13(17)5-7-14/h4-9,11,15H,3,10H2,1-2H3,(H,18,20)/t15-/m1/s1. The minimum atomic E-state index is -0.311. The van der Waals surface area contributed by atoms with Crippen LogP contribution in [-0.2, 0) is 11.3 Å². The van der Waals surface area contributed by atoms with Crippen molar-refractivity contribution >= 4 is 22.9 Å². The fourth-order valence-electron chi connectivity index (χ4n) is 2.24. The number of benzene rings is 1. The number of thiophene rings is 1. The van der Waals surface area contributed by atoms with Gasteiger partial charge < -0.3 is 5.32 Å². The summed E-state index contributed by atoms with van der Waals surface area (Å²) in [5.74, 6) is -0.378. The lowest BCUT2D eigenvalue weighted by molar-refractivity contribution is -0.121. The van der Waals surface area contributed by atoms with Crippen LogP contribution in [0.25, 0.3) is 0 Å². The SMILES string of the molecule is CC[C@H](C(=O)Nc1ccc(F)cc1)N(C)Cc1ccsc1. The van der Waals surface area contributed by atoms with Gasteiger partial charge in [0.1, 0.15) is 5.82 Å². The number of carbonyl (C=O) groups is 1. The van der Waals surface area contributed by atoms with E-state index in [1.807, 2.05) is 24.3 Å². The number of anilines is 1. The van der Waals surface area contributed by atoms with E-state index in [-0.39, 0.29) is 17.8 Å². The number of carbonyl (C=O) groups excluding carboxylic acids is 1. The minimum Gasteiger partial charge on any atom is -0.325 e. The van der Waals surface area contributed by atoms with E-state index in [1.165, 1.54) is 17.7 Å². The molecule has 0 bridgehead atoms. The van der Waals surface area contributed by atoms with E-state index in [0.717, 1.165) is 6.54 Å². The van der Waals surface area contributed by atoms with Gasteiger partial charge in [-0.1, -0.05) is 6.92 Å². The summed E-state index contributed by atoms with van der Waals surface area (Å²) in [6.45, 7) is 2.72. The fourth-order valence-corrected chi connectivity index (χ4v) is 2.90. The zero-order valence-corrected chi connectivity index (χ0v) is 13.0. The van der Waals surface area contributed by atoms with Gasteiger partial charge in [0.05, 0.1) is 6.04 Å². The first-order valence-electron chi connectivity index (χ1n) is 6.88. The molecule has 1 heterocycles. The molecule has 0 spiro atoms. The van der Waals surface area contributed by atoms with Crippen molar-refractivity contribution in [2.75, 3.05) is 12.4 Å². The highest BCUT2D eigenvalue weighted by atomic mass is 32.1. The van der Waals surface area contributed by atoms with Gasteiger partial charge >= 0.3 is 0 Å². The van der Waals surface area contributed by atoms with Crippen molar-refractivity contribution in [3.05, 3.63) is 52.5 Å². The molecule has 0 aliphatic heterocycles. The zero-order chi connectivity index (χ0) is 15.2. The second-order valence-electron chi connectivity index (χ2n) is 4.97. The Balaban J connectivity index is 1.98. The van der Waals surface area contributed by atoms with E-state index in [0.29, 0.717) is 12.1 Å². The Morgan fingerprint density at radius 1 is 1.33 bits per heavy atom. The van der Waals surface area contributed by atoms with Gasteiger partial charge in [0.25, 0.3) is 0 Å². The van der Waals surface area contributed by atoms with Crippen LogP contribution in [0.5, 0.6) is 0 Å². The molecule has 0 saturated carbocycles. The molecule has 5 heteroatoms. The van der Waals surface area contributed by atoms with Gasteiger partial charge in [0.2, 0.25) is 5.91 Å². The Bertz CT molecular complexity index is 568. The maximum Gasteiger partial charge on any atom is 0.241 e. The molecule has 2 aromatic rings. The Morgan fingerprint density at radius 3 is 2.62 bits per heavy atom. The number of likely N-dealkylation sites (N-methyl/N-ethyl adjacent to an activating group) is 1. The van der Waals surface area contributed by atoms with Crippen LogP contribution in [0.2, 0.25) is 0 Å². The molecule has 1 aromatic heterocycles. The number of nitrogens with zero attached hydrogens (tertiary/aromatic N) is 1. The Hall–Kier alpha value is -1.72. The number of halogens is 1. The number of amides is 1. The summed E-state index contributed by atoms with van der Waals surface area (Å²) in [5.41, 5.74) is 1.82. The molecule has 1 N–H and O–H groups in total. The molecule has 1 aromatic carbocycles. The first-order chi connectivity index (χ1) is 10.1. The van der Waals surface area contributed by atoms with Gasteiger partial charge in [-0.05, 0) is 60.1 Å². The van der Waals surface area contributed by atoms with E-state index in [2.05, 4.69) is 16.8 Å². The summed E-state index contributed by atoms with van der Waals surface area (Å²) in [7, 11) is 1.94. The van der Waals surface area contributed by atoms with Crippen LogP contribution in [-0.4, -0.2) is 23.9 Å². The van der Waals surface area contributed by atoms with Crippen molar-refractivity contribution in [1.29, 1.82) is 0 Å². The monoisotopic (exact) mass is 306 g/mol. The van der Waals surface area contributed by atoms with Crippen LogP contribution in [0.3, 0.4) is 0 Å². The molecule has 112 valence electrons. The lowest BCUT2D eigenvalue weighted by atomic mass is 10.1. The number of nitrogens with one attached hydrogen (secondary N) is 1. The number of rotatable bonds is 6. The number of hydrogen-bond acceptors (Lipinski definition) is 3. The van der Waals surface area contributed by atoms with Crippen LogP contribution < -0.4 is 5.32 Å². The topological polar surface area (TPSA) is 32.3 Å². The van der Waals surface area contributed by atoms with E-state index in [4.69, 9.17) is 0 Å². The maximum atomic E-state index is 12.9. The van der Waals surface area contributed by atoms with Gasteiger partial charge in [0.15, 0.2) is 0 Å². The molecular weight excluding hydrogens is 287 g/mol. The molecular formula is C16H19FN2OS. The molecule has 0 fully saturated rings. The van der Waals surface area contributed by atoms with Crippen LogP contribution in [0.15, 0.2) is 41.1 Å². The predicted octanol–water partition coefficient (Wildman–Crippen LogP) is 3.74. The third-order valence-electron chi connectivity index (χ3n) is 3.35. The normalized spacial score (nSPS) is 12.4. The second kappa shape index (κ2) is 7.33. The van der Waals surface area contributed by atoms with Crippen molar-refractivity contribution in [3.63, 3.8) is 0 Å².